The van der Waals surface area contributed by atoms with Crippen molar-refractivity contribution in [3.63, 3.8) is 0 Å². The number of amides is 2. The average molecular weight is 487 g/mol. The third kappa shape index (κ3) is 7.06. The Morgan fingerprint density at radius 1 is 1.03 bits per heavy atom. The number of nitrogens with zero attached hydrogens (tertiary/aromatic N) is 2. The summed E-state index contributed by atoms with van der Waals surface area (Å²) in [6, 6.07) is 8.45. The minimum absolute atomic E-state index is 0.0359. The summed E-state index contributed by atoms with van der Waals surface area (Å²) in [6.45, 7) is 4.20. The third-order valence-corrected chi connectivity index (χ3v) is 6.40. The Morgan fingerprint density at radius 3 is 2.31 bits per heavy atom. The van der Waals surface area contributed by atoms with Gasteiger partial charge in [-0.3, -0.25) is 14.5 Å². The van der Waals surface area contributed by atoms with Crippen molar-refractivity contribution >= 4 is 11.8 Å². The van der Waals surface area contributed by atoms with Gasteiger partial charge in [0, 0.05) is 25.0 Å². The number of rotatable bonds is 8. The Kier molecular flexibility index (Phi) is 8.88. The highest BCUT2D eigenvalue weighted by atomic mass is 19.2. The van der Waals surface area contributed by atoms with Crippen molar-refractivity contribution in [1.29, 1.82) is 5.26 Å². The van der Waals surface area contributed by atoms with Crippen LogP contribution in [0.2, 0.25) is 0 Å². The van der Waals surface area contributed by atoms with Crippen molar-refractivity contribution in [2.24, 2.45) is 0 Å². The lowest BCUT2D eigenvalue weighted by Crippen LogP contribution is -2.53. The second kappa shape index (κ2) is 11.8. The number of hydrogen-bond donors (Lipinski definition) is 2. The van der Waals surface area contributed by atoms with Crippen LogP contribution in [0.1, 0.15) is 49.8 Å². The maximum absolute atomic E-state index is 13.9. The monoisotopic (exact) mass is 486 g/mol. The Labute approximate surface area is 203 Å². The molecule has 35 heavy (non-hydrogen) atoms. The highest BCUT2D eigenvalue weighted by molar-refractivity contribution is 5.88. The van der Waals surface area contributed by atoms with Crippen LogP contribution in [-0.2, 0) is 22.6 Å². The lowest BCUT2D eigenvalue weighted by atomic mass is 9.97. The van der Waals surface area contributed by atoms with Crippen molar-refractivity contribution in [1.82, 2.24) is 15.5 Å². The number of nitriles is 1. The van der Waals surface area contributed by atoms with Gasteiger partial charge in [0.2, 0.25) is 11.8 Å². The van der Waals surface area contributed by atoms with Gasteiger partial charge in [0.05, 0.1) is 12.1 Å². The van der Waals surface area contributed by atoms with E-state index in [4.69, 9.17) is 5.26 Å². The molecule has 2 aromatic carbocycles. The summed E-state index contributed by atoms with van der Waals surface area (Å²) >= 11 is 0. The molecule has 2 amide bonds. The zero-order valence-electron chi connectivity index (χ0n) is 19.8. The fraction of sp³-hybridized carbons (Fsp3) is 0.423. The minimum Gasteiger partial charge on any atom is -0.350 e. The number of benzene rings is 2. The number of carbonyl (C=O) groups is 2. The predicted octanol–water partition coefficient (Wildman–Crippen LogP) is 3.58. The van der Waals surface area contributed by atoms with Crippen LogP contribution in [0.25, 0.3) is 0 Å². The number of halogens is 3. The standard InChI is InChI=1S/C26H29F3N4O2/c1-16-4-3-5-17(2)33(16)15-25(34)32-24(12-18-7-9-21(27)23(29)10-18)26(35)31-14-19-6-8-20(13-30)22(28)11-19/h6-11,16-17,24H,3-5,12,14-15H2,1-2H3,(H,31,35)(H,32,34)/t16-,17+,24-/m0/s1. The molecule has 1 saturated heterocycles. The van der Waals surface area contributed by atoms with Crippen molar-refractivity contribution in [2.75, 3.05) is 6.54 Å². The molecule has 2 N–H and O–H groups in total. The van der Waals surface area contributed by atoms with E-state index in [-0.39, 0.29) is 43.1 Å². The van der Waals surface area contributed by atoms with Gasteiger partial charge in [-0.05, 0) is 62.1 Å². The first-order chi connectivity index (χ1) is 16.7. The first kappa shape index (κ1) is 26.2. The molecule has 1 aliphatic rings. The van der Waals surface area contributed by atoms with Crippen LogP contribution in [0.4, 0.5) is 13.2 Å². The number of nitrogens with one attached hydrogen (secondary N) is 2. The normalized spacial score (nSPS) is 19.0. The summed E-state index contributed by atoms with van der Waals surface area (Å²) in [6.07, 6.45) is 3.01. The van der Waals surface area contributed by atoms with Crippen LogP contribution in [0.3, 0.4) is 0 Å². The van der Waals surface area contributed by atoms with Crippen LogP contribution >= 0.6 is 0 Å². The molecular weight excluding hydrogens is 457 g/mol. The lowest BCUT2D eigenvalue weighted by Gasteiger charge is -2.38. The maximum atomic E-state index is 13.9. The summed E-state index contributed by atoms with van der Waals surface area (Å²) in [5.41, 5.74) is 0.668. The Hall–Kier alpha value is -3.38. The van der Waals surface area contributed by atoms with Crippen LogP contribution in [0.5, 0.6) is 0 Å². The Bertz CT molecular complexity index is 1110. The van der Waals surface area contributed by atoms with Crippen LogP contribution in [0.15, 0.2) is 36.4 Å². The molecule has 1 fully saturated rings. The van der Waals surface area contributed by atoms with E-state index in [1.165, 1.54) is 18.2 Å². The molecule has 0 unspecified atom stereocenters. The maximum Gasteiger partial charge on any atom is 0.243 e. The number of carbonyl (C=O) groups excluding carboxylic acids is 2. The molecule has 0 aromatic heterocycles. The molecule has 186 valence electrons. The smallest absolute Gasteiger partial charge is 0.243 e. The van der Waals surface area contributed by atoms with E-state index in [0.717, 1.165) is 37.5 Å². The van der Waals surface area contributed by atoms with Crippen molar-refractivity contribution < 1.29 is 22.8 Å². The molecule has 3 atom stereocenters. The van der Waals surface area contributed by atoms with Gasteiger partial charge in [-0.2, -0.15) is 5.26 Å². The van der Waals surface area contributed by atoms with Gasteiger partial charge in [0.15, 0.2) is 11.6 Å². The molecule has 3 rings (SSSR count). The zero-order chi connectivity index (χ0) is 25.5. The van der Waals surface area contributed by atoms with E-state index in [1.807, 2.05) is 0 Å². The molecule has 0 saturated carbocycles. The van der Waals surface area contributed by atoms with Gasteiger partial charge in [-0.15, -0.1) is 0 Å². The van der Waals surface area contributed by atoms with Crippen LogP contribution in [0, 0.1) is 28.8 Å². The molecular formula is C26H29F3N4O2. The van der Waals surface area contributed by atoms with E-state index in [1.54, 1.807) is 6.07 Å². The molecule has 2 aromatic rings. The zero-order valence-corrected chi connectivity index (χ0v) is 19.8. The highest BCUT2D eigenvalue weighted by Gasteiger charge is 2.28. The second-order valence-corrected chi connectivity index (χ2v) is 9.02. The number of hydrogen-bond acceptors (Lipinski definition) is 4. The van der Waals surface area contributed by atoms with E-state index >= 15 is 0 Å². The molecule has 1 aliphatic heterocycles. The fourth-order valence-electron chi connectivity index (χ4n) is 4.38. The van der Waals surface area contributed by atoms with Gasteiger partial charge in [0.25, 0.3) is 0 Å². The number of piperidine rings is 1. The fourth-order valence-corrected chi connectivity index (χ4v) is 4.38. The van der Waals surface area contributed by atoms with Gasteiger partial charge in [0.1, 0.15) is 17.9 Å². The quantitative estimate of drug-likeness (QED) is 0.597. The van der Waals surface area contributed by atoms with E-state index < -0.39 is 29.4 Å². The van der Waals surface area contributed by atoms with Crippen LogP contribution in [-0.4, -0.2) is 41.4 Å². The van der Waals surface area contributed by atoms with Crippen molar-refractivity contribution in [3.05, 3.63) is 70.5 Å². The van der Waals surface area contributed by atoms with Gasteiger partial charge >= 0.3 is 0 Å². The number of likely N-dealkylation sites (tertiary alicyclic amines) is 1. The van der Waals surface area contributed by atoms with E-state index in [2.05, 4.69) is 29.4 Å². The van der Waals surface area contributed by atoms with E-state index in [9.17, 15) is 22.8 Å². The summed E-state index contributed by atoms with van der Waals surface area (Å²) in [4.78, 5) is 27.9. The first-order valence-corrected chi connectivity index (χ1v) is 11.6. The largest absolute Gasteiger partial charge is 0.350 e. The van der Waals surface area contributed by atoms with E-state index in [0.29, 0.717) is 11.1 Å². The van der Waals surface area contributed by atoms with Crippen molar-refractivity contribution in [3.8, 4) is 6.07 Å². The SMILES string of the molecule is C[C@@H]1CCC[C@H](C)N1CC(=O)N[C@@H](Cc1ccc(F)c(F)c1)C(=O)NCc1ccc(C#N)c(F)c1. The molecule has 6 nitrogen and oxygen atoms in total. The molecule has 9 heteroatoms. The average Bonchev–Trinajstić information content (AvgIpc) is 2.82. The molecule has 0 radical (unpaired) electrons. The molecule has 0 aliphatic carbocycles. The summed E-state index contributed by atoms with van der Waals surface area (Å²) < 4.78 is 41.0. The van der Waals surface area contributed by atoms with Gasteiger partial charge < -0.3 is 10.6 Å². The summed E-state index contributed by atoms with van der Waals surface area (Å²) in [7, 11) is 0. The van der Waals surface area contributed by atoms with Crippen molar-refractivity contribution in [2.45, 2.75) is 64.2 Å². The second-order valence-electron chi connectivity index (χ2n) is 9.02. The summed E-state index contributed by atoms with van der Waals surface area (Å²) in [5.74, 6) is -3.65. The first-order valence-electron chi connectivity index (χ1n) is 11.6. The van der Waals surface area contributed by atoms with Crippen LogP contribution < -0.4 is 10.6 Å². The topological polar surface area (TPSA) is 85.2 Å². The predicted molar refractivity (Wildman–Crippen MR) is 124 cm³/mol. The molecule has 0 bridgehead atoms. The Balaban J connectivity index is 1.71. The van der Waals surface area contributed by atoms with Gasteiger partial charge in [-0.1, -0.05) is 18.6 Å². The highest BCUT2D eigenvalue weighted by Crippen LogP contribution is 2.22. The Morgan fingerprint density at radius 2 is 1.69 bits per heavy atom. The molecule has 1 heterocycles. The molecule has 0 spiro atoms. The summed E-state index contributed by atoms with van der Waals surface area (Å²) in [5, 5.41) is 14.2. The minimum atomic E-state index is -1.05. The lowest BCUT2D eigenvalue weighted by molar-refractivity contribution is -0.130. The third-order valence-electron chi connectivity index (χ3n) is 6.40. The van der Waals surface area contributed by atoms with Gasteiger partial charge in [-0.25, -0.2) is 13.2 Å².